The van der Waals surface area contributed by atoms with Gasteiger partial charge in [-0.2, -0.15) is 0 Å². The summed E-state index contributed by atoms with van der Waals surface area (Å²) in [5.74, 6) is 1.06. The van der Waals surface area contributed by atoms with Gasteiger partial charge in [0.1, 0.15) is 5.75 Å². The van der Waals surface area contributed by atoms with Crippen LogP contribution in [0.4, 0.5) is 0 Å². The molecule has 0 spiro atoms. The minimum atomic E-state index is 0.404. The summed E-state index contributed by atoms with van der Waals surface area (Å²) in [5, 5.41) is 0. The Morgan fingerprint density at radius 2 is 1.65 bits per heavy atom. The first-order valence-corrected chi connectivity index (χ1v) is 6.33. The van der Waals surface area contributed by atoms with Crippen LogP contribution in [0.3, 0.4) is 0 Å². The number of benzene rings is 1. The maximum absolute atomic E-state index is 5.81. The number of para-hydroxylation sites is 1. The highest BCUT2D eigenvalue weighted by Crippen LogP contribution is 2.31. The van der Waals surface area contributed by atoms with Gasteiger partial charge in [0.15, 0.2) is 0 Å². The van der Waals surface area contributed by atoms with Gasteiger partial charge in [-0.05, 0) is 18.1 Å². The fraction of sp³-hybridized carbons (Fsp3) is 0.571. The van der Waals surface area contributed by atoms with Gasteiger partial charge in [-0.25, -0.2) is 0 Å². The van der Waals surface area contributed by atoms with Crippen molar-refractivity contribution >= 4 is 0 Å². The first kappa shape index (κ1) is 11.1. The van der Waals surface area contributed by atoms with E-state index in [0.29, 0.717) is 18.8 Å². The van der Waals surface area contributed by atoms with E-state index in [2.05, 4.69) is 18.2 Å². The molecule has 0 amide bonds. The first-order valence-electron chi connectivity index (χ1n) is 6.33. The molecule has 2 saturated heterocycles. The molecule has 0 N–H and O–H groups in total. The van der Waals surface area contributed by atoms with Gasteiger partial charge >= 0.3 is 0 Å². The largest absolute Gasteiger partial charge is 0.493 e. The van der Waals surface area contributed by atoms with Gasteiger partial charge < -0.3 is 14.2 Å². The van der Waals surface area contributed by atoms with Crippen molar-refractivity contribution < 1.29 is 14.2 Å². The zero-order chi connectivity index (χ0) is 11.7. The Hall–Kier alpha value is -1.06. The minimum absolute atomic E-state index is 0.404. The van der Waals surface area contributed by atoms with Crippen LogP contribution in [-0.2, 0) is 22.3 Å². The maximum Gasteiger partial charge on any atom is 0.125 e. The molecule has 2 atom stereocenters. The summed E-state index contributed by atoms with van der Waals surface area (Å²) < 4.78 is 16.4. The molecule has 3 rings (SSSR count). The quantitative estimate of drug-likeness (QED) is 0.706. The van der Waals surface area contributed by atoms with Crippen LogP contribution >= 0.6 is 0 Å². The van der Waals surface area contributed by atoms with Gasteiger partial charge in [-0.1, -0.05) is 18.2 Å². The second-order valence-corrected chi connectivity index (χ2v) is 4.66. The van der Waals surface area contributed by atoms with Crippen LogP contribution in [0.2, 0.25) is 0 Å². The predicted molar refractivity (Wildman–Crippen MR) is 64.5 cm³/mol. The highest BCUT2D eigenvalue weighted by molar-refractivity contribution is 5.43. The van der Waals surface area contributed by atoms with Crippen molar-refractivity contribution in [1.29, 1.82) is 0 Å². The fourth-order valence-electron chi connectivity index (χ4n) is 2.15. The van der Waals surface area contributed by atoms with Gasteiger partial charge in [-0.15, -0.1) is 0 Å². The van der Waals surface area contributed by atoms with E-state index >= 15 is 0 Å². The lowest BCUT2D eigenvalue weighted by Crippen LogP contribution is -2.05. The molecule has 1 aromatic rings. The van der Waals surface area contributed by atoms with E-state index in [1.165, 1.54) is 11.1 Å². The second kappa shape index (κ2) is 4.67. The van der Waals surface area contributed by atoms with Crippen LogP contribution in [0.1, 0.15) is 18.1 Å². The zero-order valence-corrected chi connectivity index (χ0v) is 10.1. The molecule has 2 unspecified atom stereocenters. The molecule has 0 aliphatic carbocycles. The molecule has 1 aromatic carbocycles. The number of hydrogen-bond acceptors (Lipinski definition) is 3. The molecule has 2 aliphatic rings. The Bertz CT molecular complexity index is 362. The topological polar surface area (TPSA) is 34.3 Å². The Morgan fingerprint density at radius 1 is 1.12 bits per heavy atom. The lowest BCUT2D eigenvalue weighted by Gasteiger charge is -2.14. The highest BCUT2D eigenvalue weighted by Gasteiger charge is 2.27. The van der Waals surface area contributed by atoms with Crippen LogP contribution in [0.25, 0.3) is 0 Å². The second-order valence-electron chi connectivity index (χ2n) is 4.66. The standard InChI is InChI=1S/C14H18O3/c1-2-15-14-10(6-12-8-16-12)4-3-5-11(14)7-13-9-17-13/h3-5,12-13H,2,6-9H2,1H3. The zero-order valence-electron chi connectivity index (χ0n) is 10.1. The average molecular weight is 234 g/mol. The Balaban J connectivity index is 1.82. The van der Waals surface area contributed by atoms with Crippen molar-refractivity contribution in [1.82, 2.24) is 0 Å². The van der Waals surface area contributed by atoms with Crippen molar-refractivity contribution in [3.05, 3.63) is 29.3 Å². The Kier molecular flexibility index (Phi) is 3.04. The summed E-state index contributed by atoms with van der Waals surface area (Å²) in [6, 6.07) is 6.39. The first-order chi connectivity index (χ1) is 8.36. The molecule has 0 bridgehead atoms. The summed E-state index contributed by atoms with van der Waals surface area (Å²) in [4.78, 5) is 0. The molecule has 2 aliphatic heterocycles. The van der Waals surface area contributed by atoms with E-state index in [9.17, 15) is 0 Å². The third kappa shape index (κ3) is 2.79. The van der Waals surface area contributed by atoms with Crippen molar-refractivity contribution in [3.63, 3.8) is 0 Å². The van der Waals surface area contributed by atoms with E-state index < -0.39 is 0 Å². The molecule has 0 saturated carbocycles. The minimum Gasteiger partial charge on any atom is -0.493 e. The van der Waals surface area contributed by atoms with Gasteiger partial charge in [0.05, 0.1) is 32.0 Å². The van der Waals surface area contributed by atoms with E-state index in [0.717, 1.165) is 31.8 Å². The van der Waals surface area contributed by atoms with Gasteiger partial charge in [0.25, 0.3) is 0 Å². The van der Waals surface area contributed by atoms with Gasteiger partial charge in [-0.3, -0.25) is 0 Å². The van der Waals surface area contributed by atoms with Crippen LogP contribution < -0.4 is 4.74 Å². The van der Waals surface area contributed by atoms with E-state index in [-0.39, 0.29) is 0 Å². The molecule has 3 nitrogen and oxygen atoms in total. The van der Waals surface area contributed by atoms with Crippen LogP contribution in [0.5, 0.6) is 5.75 Å². The van der Waals surface area contributed by atoms with E-state index in [1.54, 1.807) is 0 Å². The third-order valence-corrected chi connectivity index (χ3v) is 3.17. The van der Waals surface area contributed by atoms with Crippen LogP contribution in [0.15, 0.2) is 18.2 Å². The summed E-state index contributed by atoms with van der Waals surface area (Å²) in [6.45, 7) is 4.52. The Labute approximate surface area is 102 Å². The fourth-order valence-corrected chi connectivity index (χ4v) is 2.15. The predicted octanol–water partition coefficient (Wildman–Crippen LogP) is 1.97. The lowest BCUT2D eigenvalue weighted by atomic mass is 10.0. The van der Waals surface area contributed by atoms with E-state index in [4.69, 9.17) is 14.2 Å². The summed E-state index contributed by atoms with van der Waals surface area (Å²) in [6.07, 6.45) is 2.74. The van der Waals surface area contributed by atoms with E-state index in [1.807, 2.05) is 6.92 Å². The molecule has 0 radical (unpaired) electrons. The summed E-state index contributed by atoms with van der Waals surface area (Å²) in [5.41, 5.74) is 2.54. The van der Waals surface area contributed by atoms with Gasteiger partial charge in [0, 0.05) is 12.8 Å². The normalized spacial score (nSPS) is 25.7. The van der Waals surface area contributed by atoms with Crippen molar-refractivity contribution in [2.75, 3.05) is 19.8 Å². The molecule has 2 heterocycles. The third-order valence-electron chi connectivity index (χ3n) is 3.17. The molecule has 17 heavy (non-hydrogen) atoms. The highest BCUT2D eigenvalue weighted by atomic mass is 16.6. The average Bonchev–Trinajstić information content (AvgIpc) is 3.17. The van der Waals surface area contributed by atoms with Crippen molar-refractivity contribution in [2.45, 2.75) is 32.0 Å². The van der Waals surface area contributed by atoms with Crippen LogP contribution in [0, 0.1) is 0 Å². The molecular weight excluding hydrogens is 216 g/mol. The number of ether oxygens (including phenoxy) is 3. The van der Waals surface area contributed by atoms with Crippen molar-refractivity contribution in [2.24, 2.45) is 0 Å². The molecule has 2 fully saturated rings. The number of rotatable bonds is 6. The molecule has 3 heteroatoms. The molecule has 0 aromatic heterocycles. The summed E-state index contributed by atoms with van der Waals surface area (Å²) in [7, 11) is 0. The van der Waals surface area contributed by atoms with Crippen molar-refractivity contribution in [3.8, 4) is 5.75 Å². The Morgan fingerprint density at radius 3 is 2.06 bits per heavy atom. The molecule has 92 valence electrons. The van der Waals surface area contributed by atoms with Gasteiger partial charge in [0.2, 0.25) is 0 Å². The number of hydrogen-bond donors (Lipinski definition) is 0. The molecular formula is C14H18O3. The SMILES string of the molecule is CCOc1c(CC2CO2)cccc1CC1CO1. The monoisotopic (exact) mass is 234 g/mol. The maximum atomic E-state index is 5.81. The number of epoxide rings is 2. The summed E-state index contributed by atoms with van der Waals surface area (Å²) >= 11 is 0. The van der Waals surface area contributed by atoms with Crippen LogP contribution in [-0.4, -0.2) is 32.0 Å². The lowest BCUT2D eigenvalue weighted by molar-refractivity contribution is 0.327. The smallest absolute Gasteiger partial charge is 0.125 e.